The average Bonchev–Trinajstić information content (AvgIpc) is 2.96. The fraction of sp³-hybridized carbons (Fsp3) is 0.233. The number of fused-ring (bicyclic) bond motifs is 1. The summed E-state index contributed by atoms with van der Waals surface area (Å²) >= 11 is 0. The molecule has 2 heterocycles. The second-order valence-corrected chi connectivity index (χ2v) is 9.16. The number of hydrogen-bond donors (Lipinski definition) is 0. The summed E-state index contributed by atoms with van der Waals surface area (Å²) in [7, 11) is 0. The number of hydrogen-bond acceptors (Lipinski definition) is 5. The molecule has 0 saturated carbocycles. The molecule has 2 aliphatic rings. The van der Waals surface area contributed by atoms with Gasteiger partial charge in [-0.3, -0.25) is 14.5 Å². The van der Waals surface area contributed by atoms with Gasteiger partial charge in [0.25, 0.3) is 11.8 Å². The number of amides is 3. The van der Waals surface area contributed by atoms with E-state index in [-0.39, 0.29) is 30.1 Å². The molecule has 2 aliphatic heterocycles. The van der Waals surface area contributed by atoms with Crippen molar-refractivity contribution < 1.29 is 28.2 Å². The van der Waals surface area contributed by atoms with Gasteiger partial charge in [0.2, 0.25) is 0 Å². The summed E-state index contributed by atoms with van der Waals surface area (Å²) < 4.78 is 25.3. The molecule has 0 N–H and O–H groups in total. The Balaban J connectivity index is 1.31. The third kappa shape index (κ3) is 5.62. The summed E-state index contributed by atoms with van der Waals surface area (Å²) in [6.45, 7) is 3.80. The molecule has 0 atom stereocenters. The van der Waals surface area contributed by atoms with E-state index in [9.17, 15) is 18.8 Å². The van der Waals surface area contributed by atoms with Gasteiger partial charge in [-0.05, 0) is 48.9 Å². The lowest BCUT2D eigenvalue weighted by molar-refractivity contribution is -0.117. The van der Waals surface area contributed by atoms with Crippen LogP contribution in [-0.4, -0.2) is 60.5 Å². The van der Waals surface area contributed by atoms with Gasteiger partial charge in [0.05, 0.1) is 18.8 Å². The number of halogens is 1. The molecule has 0 radical (unpaired) electrons. The molecule has 3 aromatic rings. The van der Waals surface area contributed by atoms with Crippen molar-refractivity contribution in [2.45, 2.75) is 13.5 Å². The van der Waals surface area contributed by atoms with Crippen LogP contribution in [0.1, 0.15) is 28.4 Å². The standard InChI is InChI=1S/C30H28FN3O5/c1-2-38-30(37)33-17-15-32(16-18-33)28(35)22-13-11-21(12-14-22)19-27-29(36)34(20-23-7-3-4-8-24(23)31)25-9-5-6-10-26(25)39-27/h3-14,19H,2,15-18,20H2,1H3/b27-19-. The Bertz CT molecular complexity index is 1410. The van der Waals surface area contributed by atoms with Gasteiger partial charge in [0.1, 0.15) is 5.82 Å². The van der Waals surface area contributed by atoms with Crippen molar-refractivity contribution in [3.05, 3.63) is 101 Å². The van der Waals surface area contributed by atoms with E-state index in [0.717, 1.165) is 0 Å². The topological polar surface area (TPSA) is 79.4 Å². The van der Waals surface area contributed by atoms with Gasteiger partial charge < -0.3 is 19.3 Å². The smallest absolute Gasteiger partial charge is 0.409 e. The van der Waals surface area contributed by atoms with Crippen LogP contribution >= 0.6 is 0 Å². The van der Waals surface area contributed by atoms with Crippen LogP contribution in [0.2, 0.25) is 0 Å². The number of rotatable bonds is 5. The number of carbonyl (C=O) groups is 3. The fourth-order valence-electron chi connectivity index (χ4n) is 4.58. The van der Waals surface area contributed by atoms with Crippen molar-refractivity contribution in [1.29, 1.82) is 0 Å². The van der Waals surface area contributed by atoms with Crippen molar-refractivity contribution in [3.63, 3.8) is 0 Å². The van der Waals surface area contributed by atoms with Crippen molar-refractivity contribution >= 4 is 29.7 Å². The van der Waals surface area contributed by atoms with Crippen molar-refractivity contribution in [1.82, 2.24) is 9.80 Å². The van der Waals surface area contributed by atoms with Gasteiger partial charge in [0, 0.05) is 37.3 Å². The first-order chi connectivity index (χ1) is 18.9. The van der Waals surface area contributed by atoms with Gasteiger partial charge in [-0.15, -0.1) is 0 Å². The van der Waals surface area contributed by atoms with Crippen LogP contribution in [0.4, 0.5) is 14.9 Å². The number of benzene rings is 3. The first-order valence-electron chi connectivity index (χ1n) is 12.8. The molecule has 0 bridgehead atoms. The monoisotopic (exact) mass is 529 g/mol. The molecule has 1 fully saturated rings. The van der Waals surface area contributed by atoms with Crippen molar-refractivity contribution in [2.24, 2.45) is 0 Å². The Morgan fingerprint density at radius 2 is 1.59 bits per heavy atom. The highest BCUT2D eigenvalue weighted by atomic mass is 19.1. The zero-order valence-corrected chi connectivity index (χ0v) is 21.5. The lowest BCUT2D eigenvalue weighted by atomic mass is 10.1. The van der Waals surface area contributed by atoms with E-state index in [1.165, 1.54) is 11.0 Å². The van der Waals surface area contributed by atoms with Crippen molar-refractivity contribution in [3.8, 4) is 5.75 Å². The third-order valence-electron chi connectivity index (χ3n) is 6.67. The second kappa shape index (κ2) is 11.4. The van der Waals surface area contributed by atoms with Crippen LogP contribution < -0.4 is 9.64 Å². The summed E-state index contributed by atoms with van der Waals surface area (Å²) in [6.07, 6.45) is 1.25. The summed E-state index contributed by atoms with van der Waals surface area (Å²) in [5.74, 6) is -0.320. The number of anilines is 1. The number of nitrogens with zero attached hydrogens (tertiary/aromatic N) is 3. The Kier molecular flexibility index (Phi) is 7.58. The molecule has 0 unspecified atom stereocenters. The molecule has 39 heavy (non-hydrogen) atoms. The molecule has 3 aromatic carbocycles. The molecule has 3 amide bonds. The lowest BCUT2D eigenvalue weighted by Gasteiger charge is -2.34. The zero-order valence-electron chi connectivity index (χ0n) is 21.5. The Hall–Kier alpha value is -4.66. The summed E-state index contributed by atoms with van der Waals surface area (Å²) in [4.78, 5) is 43.1. The molecule has 0 aromatic heterocycles. The van der Waals surface area contributed by atoms with Gasteiger partial charge in [0.15, 0.2) is 11.5 Å². The summed E-state index contributed by atoms with van der Waals surface area (Å²) in [5.41, 5.74) is 2.14. The first-order valence-corrected chi connectivity index (χ1v) is 12.8. The molecule has 1 saturated heterocycles. The Morgan fingerprint density at radius 3 is 2.31 bits per heavy atom. The summed E-state index contributed by atoms with van der Waals surface area (Å²) in [5, 5.41) is 0. The first kappa shape index (κ1) is 26.0. The fourth-order valence-corrected chi connectivity index (χ4v) is 4.58. The van der Waals surface area contributed by atoms with E-state index in [4.69, 9.17) is 9.47 Å². The number of carbonyl (C=O) groups excluding carboxylic acids is 3. The maximum atomic E-state index is 14.4. The van der Waals surface area contributed by atoms with Crippen LogP contribution in [-0.2, 0) is 16.1 Å². The third-order valence-corrected chi connectivity index (χ3v) is 6.67. The van der Waals surface area contributed by atoms with Gasteiger partial charge in [-0.1, -0.05) is 42.5 Å². The van der Waals surface area contributed by atoms with Gasteiger partial charge in [-0.2, -0.15) is 0 Å². The minimum Gasteiger partial charge on any atom is -0.450 e. The SMILES string of the molecule is CCOC(=O)N1CCN(C(=O)c2ccc(/C=C3\Oc4ccccc4N(Cc4ccccc4F)C3=O)cc2)CC1. The van der Waals surface area contributed by atoms with Gasteiger partial charge >= 0.3 is 6.09 Å². The van der Waals surface area contributed by atoms with Crippen molar-refractivity contribution in [2.75, 3.05) is 37.7 Å². The van der Waals surface area contributed by atoms with Crippen LogP contribution in [0.3, 0.4) is 0 Å². The minimum absolute atomic E-state index is 0.0556. The second-order valence-electron chi connectivity index (χ2n) is 9.16. The zero-order chi connectivity index (χ0) is 27.4. The average molecular weight is 530 g/mol. The number of piperazine rings is 1. The molecular formula is C30H28FN3O5. The molecule has 5 rings (SSSR count). The Morgan fingerprint density at radius 1 is 0.923 bits per heavy atom. The maximum absolute atomic E-state index is 14.4. The van der Waals surface area contributed by atoms with Crippen LogP contribution in [0, 0.1) is 5.82 Å². The lowest BCUT2D eigenvalue weighted by Crippen LogP contribution is -2.50. The van der Waals surface area contributed by atoms with E-state index < -0.39 is 5.91 Å². The Labute approximate surface area is 225 Å². The van der Waals surface area contributed by atoms with E-state index in [1.807, 2.05) is 0 Å². The van der Waals surface area contributed by atoms with E-state index in [2.05, 4.69) is 0 Å². The van der Waals surface area contributed by atoms with Crippen LogP contribution in [0.5, 0.6) is 5.75 Å². The molecule has 200 valence electrons. The molecule has 8 nitrogen and oxygen atoms in total. The van der Waals surface area contributed by atoms with Gasteiger partial charge in [-0.25, -0.2) is 9.18 Å². The highest BCUT2D eigenvalue weighted by molar-refractivity contribution is 6.09. The normalized spacial score (nSPS) is 16.1. The highest BCUT2D eigenvalue weighted by Crippen LogP contribution is 2.36. The summed E-state index contributed by atoms with van der Waals surface area (Å²) in [6, 6.07) is 20.4. The molecule has 0 spiro atoms. The predicted octanol–water partition coefficient (Wildman–Crippen LogP) is 4.71. The van der Waals surface area contributed by atoms with Crippen LogP contribution in [0.15, 0.2) is 78.6 Å². The number of para-hydroxylation sites is 2. The maximum Gasteiger partial charge on any atom is 0.409 e. The minimum atomic E-state index is -0.392. The van der Waals surface area contributed by atoms with E-state index in [1.54, 1.807) is 89.5 Å². The predicted molar refractivity (Wildman–Crippen MR) is 144 cm³/mol. The largest absolute Gasteiger partial charge is 0.450 e. The van der Waals surface area contributed by atoms with Crippen LogP contribution in [0.25, 0.3) is 6.08 Å². The van der Waals surface area contributed by atoms with E-state index >= 15 is 0 Å². The quantitative estimate of drug-likeness (QED) is 0.448. The molecule has 9 heteroatoms. The molecule has 0 aliphatic carbocycles. The number of ether oxygens (including phenoxy) is 2. The van der Waals surface area contributed by atoms with E-state index in [0.29, 0.717) is 60.9 Å². The molecular weight excluding hydrogens is 501 g/mol. The highest BCUT2D eigenvalue weighted by Gasteiger charge is 2.31.